The highest BCUT2D eigenvalue weighted by Gasteiger charge is 2.19. The maximum Gasteiger partial charge on any atom is 0.198 e. The molecule has 0 radical (unpaired) electrons. The number of hydrogen-bond donors (Lipinski definition) is 0. The minimum atomic E-state index is -1.05. The van der Waals surface area contributed by atoms with Gasteiger partial charge in [-0.3, -0.25) is 4.79 Å². The Labute approximate surface area is 120 Å². The summed E-state index contributed by atoms with van der Waals surface area (Å²) in [4.78, 5) is 12.0. The van der Waals surface area contributed by atoms with E-state index in [0.29, 0.717) is 6.07 Å². The molecule has 0 heterocycles. The maximum absolute atomic E-state index is 13.7. The Morgan fingerprint density at radius 2 is 1.63 bits per heavy atom. The smallest absolute Gasteiger partial charge is 0.198 e. The van der Waals surface area contributed by atoms with Gasteiger partial charge in [-0.2, -0.15) is 0 Å². The molecule has 0 bridgehead atoms. The van der Waals surface area contributed by atoms with Gasteiger partial charge in [0.2, 0.25) is 0 Å². The van der Waals surface area contributed by atoms with Gasteiger partial charge in [0.1, 0.15) is 17.5 Å². The van der Waals surface area contributed by atoms with Gasteiger partial charge in [0, 0.05) is 10.5 Å². The second-order valence-corrected chi connectivity index (χ2v) is 4.96. The molecule has 0 saturated heterocycles. The first-order chi connectivity index (χ1) is 8.90. The topological polar surface area (TPSA) is 17.1 Å². The first-order valence-corrected chi connectivity index (χ1v) is 6.21. The van der Waals surface area contributed by atoms with Crippen molar-refractivity contribution in [3.63, 3.8) is 0 Å². The molecule has 0 aliphatic heterocycles. The van der Waals surface area contributed by atoms with Crippen LogP contribution < -0.4 is 0 Å². The Hall–Kier alpha value is -1.33. The molecule has 6 heteroatoms. The van der Waals surface area contributed by atoms with Crippen LogP contribution in [0.4, 0.5) is 13.2 Å². The predicted molar refractivity (Wildman–Crippen MR) is 68.9 cm³/mol. The summed E-state index contributed by atoms with van der Waals surface area (Å²) >= 11 is 8.77. The summed E-state index contributed by atoms with van der Waals surface area (Å²) in [6.45, 7) is 0. The van der Waals surface area contributed by atoms with Crippen LogP contribution >= 0.6 is 27.5 Å². The molecular formula is C13H5BrClF3O. The van der Waals surface area contributed by atoms with Crippen molar-refractivity contribution in [1.82, 2.24) is 0 Å². The summed E-state index contributed by atoms with van der Waals surface area (Å²) in [7, 11) is 0. The Balaban J connectivity index is 2.53. The highest BCUT2D eigenvalue weighted by atomic mass is 79.9. The lowest BCUT2D eigenvalue weighted by atomic mass is 10.0. The summed E-state index contributed by atoms with van der Waals surface area (Å²) < 4.78 is 40.2. The van der Waals surface area contributed by atoms with E-state index in [9.17, 15) is 18.0 Å². The molecule has 0 amide bonds. The molecule has 0 aliphatic carbocycles. The molecular weight excluding hydrogens is 344 g/mol. The number of benzene rings is 2. The van der Waals surface area contributed by atoms with Gasteiger partial charge in [-0.15, -0.1) is 0 Å². The Kier molecular flexibility index (Phi) is 3.96. The van der Waals surface area contributed by atoms with E-state index in [1.54, 1.807) is 0 Å². The maximum atomic E-state index is 13.7. The van der Waals surface area contributed by atoms with Crippen LogP contribution in [0.5, 0.6) is 0 Å². The van der Waals surface area contributed by atoms with E-state index in [1.165, 1.54) is 0 Å². The minimum absolute atomic E-state index is 0.118. The van der Waals surface area contributed by atoms with Crippen LogP contribution in [0.25, 0.3) is 0 Å². The number of rotatable bonds is 2. The van der Waals surface area contributed by atoms with Crippen LogP contribution in [0.3, 0.4) is 0 Å². The van der Waals surface area contributed by atoms with Gasteiger partial charge >= 0.3 is 0 Å². The Morgan fingerprint density at radius 3 is 2.26 bits per heavy atom. The average Bonchev–Trinajstić information content (AvgIpc) is 2.33. The van der Waals surface area contributed by atoms with Crippen molar-refractivity contribution in [3.8, 4) is 0 Å². The summed E-state index contributed by atoms with van der Waals surface area (Å²) in [5.41, 5.74) is -0.794. The normalized spacial score (nSPS) is 10.6. The Bertz CT molecular complexity index is 673. The lowest BCUT2D eigenvalue weighted by molar-refractivity contribution is 0.103. The first kappa shape index (κ1) is 14.1. The summed E-state index contributed by atoms with van der Waals surface area (Å²) in [5.74, 6) is -3.61. The van der Waals surface area contributed by atoms with E-state index in [0.717, 1.165) is 24.3 Å². The van der Waals surface area contributed by atoms with Crippen LogP contribution in [0.1, 0.15) is 15.9 Å². The zero-order valence-electron chi connectivity index (χ0n) is 9.18. The third-order valence-electron chi connectivity index (χ3n) is 2.43. The molecule has 19 heavy (non-hydrogen) atoms. The average molecular weight is 350 g/mol. The third kappa shape index (κ3) is 2.82. The quantitative estimate of drug-likeness (QED) is 0.565. The molecule has 2 rings (SSSR count). The fourth-order valence-corrected chi connectivity index (χ4v) is 1.99. The number of carbonyl (C=O) groups is 1. The molecule has 0 unspecified atom stereocenters. The number of halogens is 5. The van der Waals surface area contributed by atoms with Gasteiger partial charge in [0.25, 0.3) is 0 Å². The molecule has 98 valence electrons. The monoisotopic (exact) mass is 348 g/mol. The molecule has 0 fully saturated rings. The van der Waals surface area contributed by atoms with Crippen molar-refractivity contribution in [2.75, 3.05) is 0 Å². The molecule has 0 saturated carbocycles. The SMILES string of the molecule is O=C(c1ccc(F)cc1F)c1cc(Cl)c(Br)cc1F. The standard InChI is InChI=1S/C13H5BrClF3O/c14-9-5-12(18)8(4-10(9)15)13(19)7-2-1-6(16)3-11(7)17/h1-5H. The van der Waals surface area contributed by atoms with Crippen molar-refractivity contribution in [2.24, 2.45) is 0 Å². The van der Waals surface area contributed by atoms with Crippen molar-refractivity contribution >= 4 is 33.3 Å². The molecule has 0 aliphatic rings. The fourth-order valence-electron chi connectivity index (χ4n) is 1.52. The van der Waals surface area contributed by atoms with Gasteiger partial charge in [0.15, 0.2) is 5.78 Å². The lowest BCUT2D eigenvalue weighted by Crippen LogP contribution is -2.07. The number of ketones is 1. The van der Waals surface area contributed by atoms with E-state index in [2.05, 4.69) is 15.9 Å². The zero-order valence-corrected chi connectivity index (χ0v) is 11.5. The van der Waals surface area contributed by atoms with Crippen molar-refractivity contribution in [1.29, 1.82) is 0 Å². The summed E-state index contributed by atoms with van der Waals surface area (Å²) in [6.07, 6.45) is 0. The van der Waals surface area contributed by atoms with Crippen LogP contribution in [0.2, 0.25) is 5.02 Å². The Morgan fingerprint density at radius 1 is 1.00 bits per heavy atom. The number of carbonyl (C=O) groups excluding carboxylic acids is 1. The van der Waals surface area contributed by atoms with Crippen LogP contribution in [-0.2, 0) is 0 Å². The summed E-state index contributed by atoms with van der Waals surface area (Å²) in [6, 6.07) is 4.55. The molecule has 1 nitrogen and oxygen atoms in total. The van der Waals surface area contributed by atoms with Crippen LogP contribution in [-0.4, -0.2) is 5.78 Å². The van der Waals surface area contributed by atoms with E-state index >= 15 is 0 Å². The van der Waals surface area contributed by atoms with Gasteiger partial charge in [-0.05, 0) is 40.2 Å². The minimum Gasteiger partial charge on any atom is -0.288 e. The molecule has 0 spiro atoms. The van der Waals surface area contributed by atoms with Gasteiger partial charge in [-0.25, -0.2) is 13.2 Å². The zero-order chi connectivity index (χ0) is 14.2. The van der Waals surface area contributed by atoms with Crippen molar-refractivity contribution in [3.05, 3.63) is 68.4 Å². The molecule has 2 aromatic rings. The van der Waals surface area contributed by atoms with E-state index in [4.69, 9.17) is 11.6 Å². The van der Waals surface area contributed by atoms with E-state index in [1.807, 2.05) is 0 Å². The largest absolute Gasteiger partial charge is 0.288 e. The highest BCUT2D eigenvalue weighted by molar-refractivity contribution is 9.10. The predicted octanol–water partition coefficient (Wildman–Crippen LogP) is 4.75. The fraction of sp³-hybridized carbons (Fsp3) is 0. The van der Waals surface area contributed by atoms with Gasteiger partial charge in [-0.1, -0.05) is 11.6 Å². The second-order valence-electron chi connectivity index (χ2n) is 3.70. The number of hydrogen-bond acceptors (Lipinski definition) is 1. The summed E-state index contributed by atoms with van der Waals surface area (Å²) in [5, 5.41) is 0.118. The second kappa shape index (κ2) is 5.35. The lowest BCUT2D eigenvalue weighted by Gasteiger charge is -2.06. The van der Waals surface area contributed by atoms with Crippen LogP contribution in [0, 0.1) is 17.5 Å². The van der Waals surface area contributed by atoms with Crippen molar-refractivity contribution < 1.29 is 18.0 Å². The van der Waals surface area contributed by atoms with Gasteiger partial charge in [0.05, 0.1) is 16.1 Å². The first-order valence-electron chi connectivity index (χ1n) is 5.04. The van der Waals surface area contributed by atoms with Gasteiger partial charge < -0.3 is 0 Å². The third-order valence-corrected chi connectivity index (χ3v) is 3.63. The highest BCUT2D eigenvalue weighted by Crippen LogP contribution is 2.27. The van der Waals surface area contributed by atoms with Crippen LogP contribution in [0.15, 0.2) is 34.8 Å². The van der Waals surface area contributed by atoms with Crippen molar-refractivity contribution in [2.45, 2.75) is 0 Å². The molecule has 0 atom stereocenters. The van der Waals surface area contributed by atoms with E-state index < -0.39 is 28.8 Å². The molecule has 2 aromatic carbocycles. The molecule has 0 N–H and O–H groups in total. The molecule has 0 aromatic heterocycles. The van der Waals surface area contributed by atoms with E-state index in [-0.39, 0.29) is 15.1 Å².